The quantitative estimate of drug-likeness (QED) is 0.507. The van der Waals surface area contributed by atoms with Crippen molar-refractivity contribution >= 4 is 17.7 Å². The van der Waals surface area contributed by atoms with E-state index in [0.29, 0.717) is 24.1 Å². The highest BCUT2D eigenvalue weighted by atomic mass is 19.4. The van der Waals surface area contributed by atoms with E-state index in [2.05, 4.69) is 5.32 Å². The predicted octanol–water partition coefficient (Wildman–Crippen LogP) is 5.02. The molecule has 2 aromatic carbocycles. The third kappa shape index (κ3) is 4.81. The van der Waals surface area contributed by atoms with Gasteiger partial charge in [0, 0.05) is 24.7 Å². The summed E-state index contributed by atoms with van der Waals surface area (Å²) >= 11 is 0. The van der Waals surface area contributed by atoms with E-state index in [4.69, 9.17) is 4.74 Å². The molecule has 6 nitrogen and oxygen atoms in total. The Morgan fingerprint density at radius 1 is 1.17 bits per heavy atom. The number of hydrogen-bond donors (Lipinski definition) is 2. The summed E-state index contributed by atoms with van der Waals surface area (Å²) in [5.41, 5.74) is 5.03. The van der Waals surface area contributed by atoms with Crippen molar-refractivity contribution in [3.05, 3.63) is 53.1 Å². The van der Waals surface area contributed by atoms with Crippen molar-refractivity contribution in [2.45, 2.75) is 51.4 Å². The molecule has 35 heavy (non-hydrogen) atoms. The van der Waals surface area contributed by atoms with Crippen LogP contribution in [0.25, 0.3) is 11.1 Å². The van der Waals surface area contributed by atoms with Crippen molar-refractivity contribution in [3.63, 3.8) is 0 Å². The molecule has 0 spiro atoms. The summed E-state index contributed by atoms with van der Waals surface area (Å²) in [5, 5.41) is 12.7. The number of carbonyl (C=O) groups excluding carboxylic acids is 1. The Hall–Kier alpha value is -3.23. The number of alkyl halides is 3. The van der Waals surface area contributed by atoms with Crippen LogP contribution in [-0.2, 0) is 22.4 Å². The van der Waals surface area contributed by atoms with Crippen molar-refractivity contribution < 1.29 is 32.6 Å². The number of carboxylic acids is 1. The molecule has 1 aliphatic heterocycles. The van der Waals surface area contributed by atoms with E-state index in [1.807, 2.05) is 50.2 Å². The Kier molecular flexibility index (Phi) is 6.71. The zero-order valence-electron chi connectivity index (χ0n) is 19.9. The lowest BCUT2D eigenvalue weighted by Crippen LogP contribution is -2.41. The zero-order chi connectivity index (χ0) is 25.5. The van der Waals surface area contributed by atoms with E-state index in [9.17, 15) is 27.9 Å². The van der Waals surface area contributed by atoms with E-state index in [1.54, 1.807) is 0 Å². The maximum atomic E-state index is 13.7. The van der Waals surface area contributed by atoms with Crippen LogP contribution in [0.1, 0.15) is 37.0 Å². The molecular formula is C26H29F3N2O4. The number of carboxylic acid groups (broad SMARTS) is 1. The second-order valence-corrected chi connectivity index (χ2v) is 9.60. The summed E-state index contributed by atoms with van der Waals surface area (Å²) in [6, 6.07) is 9.92. The molecule has 2 aliphatic rings. The third-order valence-electron chi connectivity index (χ3n) is 7.11. The Morgan fingerprint density at radius 3 is 2.51 bits per heavy atom. The van der Waals surface area contributed by atoms with Gasteiger partial charge < -0.3 is 20.1 Å². The molecule has 2 aromatic rings. The first kappa shape index (κ1) is 24.9. The fraction of sp³-hybridized carbons (Fsp3) is 0.462. The van der Waals surface area contributed by atoms with Crippen LogP contribution in [0.3, 0.4) is 0 Å². The van der Waals surface area contributed by atoms with Crippen LogP contribution >= 0.6 is 0 Å². The van der Waals surface area contributed by atoms with Crippen LogP contribution in [0.15, 0.2) is 36.4 Å². The lowest BCUT2D eigenvalue weighted by molar-refractivity contribution is -0.169. The number of carbonyl (C=O) groups is 2. The first-order valence-electron chi connectivity index (χ1n) is 11.6. The number of anilines is 1. The number of nitrogens with one attached hydrogen (secondary N) is 1. The fourth-order valence-electron chi connectivity index (χ4n) is 5.22. The molecule has 0 radical (unpaired) electrons. The first-order valence-corrected chi connectivity index (χ1v) is 11.6. The van der Waals surface area contributed by atoms with Gasteiger partial charge in [0.25, 0.3) is 0 Å². The van der Waals surface area contributed by atoms with Crippen LogP contribution in [0.2, 0.25) is 0 Å². The van der Waals surface area contributed by atoms with Gasteiger partial charge in [-0.25, -0.2) is 9.59 Å². The van der Waals surface area contributed by atoms with Crippen molar-refractivity contribution in [2.75, 3.05) is 18.6 Å². The van der Waals surface area contributed by atoms with Crippen LogP contribution in [0.4, 0.5) is 23.7 Å². The number of ether oxygens (including phenoxy) is 1. The van der Waals surface area contributed by atoms with Gasteiger partial charge >= 0.3 is 18.2 Å². The SMILES string of the molecule is COC(=O)N[C@@H](Cc1ccc2c(c1N1C[C@@H](C(F)(F)F)C[C@H]1C(=O)O)Cc1ccccc1-2)C(C)C. The number of halogens is 3. The van der Waals surface area contributed by atoms with Gasteiger partial charge in [0.15, 0.2) is 0 Å². The van der Waals surface area contributed by atoms with E-state index in [-0.39, 0.29) is 12.0 Å². The number of hydrogen-bond acceptors (Lipinski definition) is 4. The summed E-state index contributed by atoms with van der Waals surface area (Å²) in [5.74, 6) is -3.00. The van der Waals surface area contributed by atoms with Gasteiger partial charge in [0.05, 0.1) is 13.0 Å². The van der Waals surface area contributed by atoms with E-state index in [0.717, 1.165) is 22.3 Å². The van der Waals surface area contributed by atoms with Gasteiger partial charge in [-0.3, -0.25) is 0 Å². The minimum atomic E-state index is -4.49. The number of amides is 1. The highest BCUT2D eigenvalue weighted by Crippen LogP contribution is 2.47. The molecule has 188 valence electrons. The summed E-state index contributed by atoms with van der Waals surface area (Å²) in [4.78, 5) is 25.5. The van der Waals surface area contributed by atoms with Crippen LogP contribution < -0.4 is 10.2 Å². The number of fused-ring (bicyclic) bond motifs is 3. The standard InChI is InChI=1S/C26H29F3N2O4/c1-14(2)21(30-25(34)35-3)11-16-8-9-19-18-7-5-4-6-15(18)10-20(19)23(16)31-13-17(26(27,28)29)12-22(31)24(32)33/h4-9,14,17,21-22H,10-13H2,1-3H3,(H,30,34)(H,32,33)/t17-,21-,22-/m0/s1. The number of benzene rings is 2. The molecule has 1 aliphatic carbocycles. The van der Waals surface area contributed by atoms with E-state index >= 15 is 0 Å². The molecular weight excluding hydrogens is 461 g/mol. The molecule has 2 N–H and O–H groups in total. The number of aliphatic carboxylic acids is 1. The minimum Gasteiger partial charge on any atom is -0.480 e. The maximum absolute atomic E-state index is 13.7. The molecule has 0 saturated carbocycles. The first-order chi connectivity index (χ1) is 16.5. The van der Waals surface area contributed by atoms with Crippen molar-refractivity contribution in [1.29, 1.82) is 0 Å². The van der Waals surface area contributed by atoms with Crippen molar-refractivity contribution in [3.8, 4) is 11.1 Å². The largest absolute Gasteiger partial charge is 0.480 e. The van der Waals surface area contributed by atoms with Gasteiger partial charge in [-0.05, 0) is 46.6 Å². The average Bonchev–Trinajstić information content (AvgIpc) is 3.40. The third-order valence-corrected chi connectivity index (χ3v) is 7.11. The minimum absolute atomic E-state index is 0.00386. The number of alkyl carbamates (subject to hydrolysis) is 1. The molecule has 4 rings (SSSR count). The number of rotatable bonds is 6. The average molecular weight is 491 g/mol. The fourth-order valence-corrected chi connectivity index (χ4v) is 5.22. The van der Waals surface area contributed by atoms with Gasteiger partial charge in [-0.2, -0.15) is 13.2 Å². The van der Waals surface area contributed by atoms with Crippen LogP contribution in [0, 0.1) is 11.8 Å². The van der Waals surface area contributed by atoms with E-state index < -0.39 is 43.2 Å². The van der Waals surface area contributed by atoms with Crippen molar-refractivity contribution in [1.82, 2.24) is 5.32 Å². The highest BCUT2D eigenvalue weighted by Gasteiger charge is 2.50. The smallest absolute Gasteiger partial charge is 0.407 e. The summed E-state index contributed by atoms with van der Waals surface area (Å²) in [6.45, 7) is 3.44. The molecule has 0 unspecified atom stereocenters. The lowest BCUT2D eigenvalue weighted by Gasteiger charge is -2.31. The zero-order valence-corrected chi connectivity index (χ0v) is 19.9. The van der Waals surface area contributed by atoms with Gasteiger partial charge in [-0.1, -0.05) is 50.2 Å². The van der Waals surface area contributed by atoms with Gasteiger partial charge in [-0.15, -0.1) is 0 Å². The number of methoxy groups -OCH3 is 1. The van der Waals surface area contributed by atoms with Crippen molar-refractivity contribution in [2.24, 2.45) is 11.8 Å². The van der Waals surface area contributed by atoms with Crippen LogP contribution in [-0.4, -0.2) is 49.1 Å². The second-order valence-electron chi connectivity index (χ2n) is 9.60. The Morgan fingerprint density at radius 2 is 1.89 bits per heavy atom. The number of nitrogens with zero attached hydrogens (tertiary/aromatic N) is 1. The molecule has 1 fully saturated rings. The molecule has 1 saturated heterocycles. The summed E-state index contributed by atoms with van der Waals surface area (Å²) in [6.07, 6.45) is -4.75. The molecule has 1 heterocycles. The lowest BCUT2D eigenvalue weighted by atomic mass is 9.91. The van der Waals surface area contributed by atoms with Crippen LogP contribution in [0.5, 0.6) is 0 Å². The second kappa shape index (κ2) is 9.43. The molecule has 0 aromatic heterocycles. The Labute approximate surface area is 202 Å². The Bertz CT molecular complexity index is 1130. The summed E-state index contributed by atoms with van der Waals surface area (Å²) < 4.78 is 45.8. The van der Waals surface area contributed by atoms with E-state index in [1.165, 1.54) is 12.0 Å². The molecule has 0 bridgehead atoms. The molecule has 1 amide bonds. The highest BCUT2D eigenvalue weighted by molar-refractivity contribution is 5.87. The summed E-state index contributed by atoms with van der Waals surface area (Å²) in [7, 11) is 1.27. The molecule has 9 heteroatoms. The normalized spacial score (nSPS) is 19.9. The maximum Gasteiger partial charge on any atom is 0.407 e. The molecule has 3 atom stereocenters. The Balaban J connectivity index is 1.83. The monoisotopic (exact) mass is 490 g/mol. The predicted molar refractivity (Wildman–Crippen MR) is 125 cm³/mol. The topological polar surface area (TPSA) is 78.9 Å². The van der Waals surface area contributed by atoms with Gasteiger partial charge in [0.1, 0.15) is 6.04 Å². The van der Waals surface area contributed by atoms with Gasteiger partial charge in [0.2, 0.25) is 0 Å².